The van der Waals surface area contributed by atoms with Gasteiger partial charge in [0.05, 0.1) is 17.9 Å². The quantitative estimate of drug-likeness (QED) is 0.756. The molecule has 7 nitrogen and oxygen atoms in total. The van der Waals surface area contributed by atoms with Gasteiger partial charge in [0, 0.05) is 11.9 Å². The molecule has 2 aromatic heterocycles. The Morgan fingerprint density at radius 3 is 2.74 bits per heavy atom. The van der Waals surface area contributed by atoms with Crippen molar-refractivity contribution in [3.8, 4) is 5.69 Å². The largest absolute Gasteiger partial charge is 0.344 e. The van der Waals surface area contributed by atoms with Crippen molar-refractivity contribution in [2.75, 3.05) is 0 Å². The molecule has 0 saturated carbocycles. The molecule has 2 heterocycles. The summed E-state index contributed by atoms with van der Waals surface area (Å²) in [4.78, 5) is 20.0. The van der Waals surface area contributed by atoms with E-state index in [9.17, 15) is 4.79 Å². The number of nitrogens with one attached hydrogen (secondary N) is 2. The van der Waals surface area contributed by atoms with E-state index < -0.39 is 0 Å². The maximum Gasteiger partial charge on any atom is 0.272 e. The lowest BCUT2D eigenvalue weighted by Gasteiger charge is -2.15. The minimum atomic E-state index is -0.236. The smallest absolute Gasteiger partial charge is 0.272 e. The lowest BCUT2D eigenvalue weighted by molar-refractivity contribution is 0.0926. The number of imidazole rings is 1. The third-order valence-corrected chi connectivity index (χ3v) is 3.55. The first-order chi connectivity index (χ1) is 11.2. The molecular weight excluding hydrogens is 292 g/mol. The van der Waals surface area contributed by atoms with Crippen LogP contribution in [0, 0.1) is 6.92 Å². The highest BCUT2D eigenvalue weighted by molar-refractivity contribution is 5.93. The van der Waals surface area contributed by atoms with Crippen molar-refractivity contribution >= 4 is 5.91 Å². The zero-order chi connectivity index (χ0) is 16.2. The first-order valence-electron chi connectivity index (χ1n) is 7.47. The first kappa shape index (κ1) is 15.0. The molecule has 1 aromatic carbocycles. The number of carbonyl (C=O) groups excluding carboxylic acids is 1. The average Bonchev–Trinajstić information content (AvgIpc) is 3.22. The fourth-order valence-electron chi connectivity index (χ4n) is 2.36. The van der Waals surface area contributed by atoms with Gasteiger partial charge in [0.25, 0.3) is 5.91 Å². The molecule has 0 aliphatic heterocycles. The molecule has 2 N–H and O–H groups in total. The number of rotatable bonds is 5. The summed E-state index contributed by atoms with van der Waals surface area (Å²) in [5, 5.41) is 10.8. The van der Waals surface area contributed by atoms with E-state index in [1.165, 1.54) is 10.9 Å². The highest BCUT2D eigenvalue weighted by Crippen LogP contribution is 2.15. The summed E-state index contributed by atoms with van der Waals surface area (Å²) in [6.07, 6.45) is 3.94. The van der Waals surface area contributed by atoms with Gasteiger partial charge in [-0.25, -0.2) is 9.67 Å². The second-order valence-corrected chi connectivity index (χ2v) is 5.25. The molecular formula is C16H18N6O. The molecule has 1 unspecified atom stereocenters. The van der Waals surface area contributed by atoms with Gasteiger partial charge < -0.3 is 10.3 Å². The highest BCUT2D eigenvalue weighted by Gasteiger charge is 2.20. The van der Waals surface area contributed by atoms with Crippen molar-refractivity contribution in [3.05, 3.63) is 59.9 Å². The Morgan fingerprint density at radius 2 is 2.09 bits per heavy atom. The predicted octanol–water partition coefficient (Wildman–Crippen LogP) is 2.18. The molecule has 0 fully saturated rings. The highest BCUT2D eigenvalue weighted by atomic mass is 16.2. The number of carbonyl (C=O) groups is 1. The Balaban J connectivity index is 1.83. The van der Waals surface area contributed by atoms with Crippen molar-refractivity contribution in [3.63, 3.8) is 0 Å². The predicted molar refractivity (Wildman–Crippen MR) is 85.2 cm³/mol. The van der Waals surface area contributed by atoms with Crippen molar-refractivity contribution in [2.24, 2.45) is 0 Å². The van der Waals surface area contributed by atoms with E-state index in [0.717, 1.165) is 23.6 Å². The number of hydrogen-bond donors (Lipinski definition) is 2. The van der Waals surface area contributed by atoms with E-state index in [2.05, 4.69) is 25.6 Å². The number of para-hydroxylation sites is 1. The van der Waals surface area contributed by atoms with Gasteiger partial charge >= 0.3 is 0 Å². The Bertz CT molecular complexity index is 792. The van der Waals surface area contributed by atoms with Crippen molar-refractivity contribution in [1.29, 1.82) is 0 Å². The zero-order valence-electron chi connectivity index (χ0n) is 13.0. The SMILES string of the molecule is CCC(NC(=O)c1cnnn1-c1ccccc1)c1ncc(C)[nH]1. The minimum Gasteiger partial charge on any atom is -0.344 e. The molecule has 0 saturated heterocycles. The van der Waals surface area contributed by atoms with Crippen LogP contribution in [-0.2, 0) is 0 Å². The van der Waals surface area contributed by atoms with Gasteiger partial charge in [0.1, 0.15) is 5.82 Å². The van der Waals surface area contributed by atoms with Gasteiger partial charge in [-0.1, -0.05) is 30.3 Å². The van der Waals surface area contributed by atoms with Crippen molar-refractivity contribution in [1.82, 2.24) is 30.3 Å². The van der Waals surface area contributed by atoms with E-state index >= 15 is 0 Å². The topological polar surface area (TPSA) is 88.5 Å². The fourth-order valence-corrected chi connectivity index (χ4v) is 2.36. The number of benzene rings is 1. The van der Waals surface area contributed by atoms with Crippen LogP contribution in [0.3, 0.4) is 0 Å². The summed E-state index contributed by atoms with van der Waals surface area (Å²) in [6.45, 7) is 3.93. The summed E-state index contributed by atoms with van der Waals surface area (Å²) >= 11 is 0. The third-order valence-electron chi connectivity index (χ3n) is 3.55. The number of aryl methyl sites for hydroxylation is 1. The van der Waals surface area contributed by atoms with Gasteiger partial charge in [-0.05, 0) is 25.5 Å². The molecule has 3 rings (SSSR count). The molecule has 7 heteroatoms. The normalized spacial score (nSPS) is 12.1. The molecule has 118 valence electrons. The number of nitrogens with zero attached hydrogens (tertiary/aromatic N) is 4. The minimum absolute atomic E-state index is 0.185. The van der Waals surface area contributed by atoms with Crippen LogP contribution in [0.15, 0.2) is 42.7 Å². The van der Waals surface area contributed by atoms with Crippen molar-refractivity contribution < 1.29 is 4.79 Å². The van der Waals surface area contributed by atoms with Crippen LogP contribution in [0.2, 0.25) is 0 Å². The van der Waals surface area contributed by atoms with Crippen LogP contribution in [-0.4, -0.2) is 30.9 Å². The summed E-state index contributed by atoms with van der Waals surface area (Å²) in [5.74, 6) is 0.511. The zero-order valence-corrected chi connectivity index (χ0v) is 13.0. The number of amides is 1. The Labute approximate surface area is 133 Å². The standard InChI is InChI=1S/C16H18N6O/c1-3-13(15-17-9-11(2)19-15)20-16(23)14-10-18-21-22(14)12-7-5-4-6-8-12/h4-10,13H,3H2,1-2H3,(H,17,19)(H,20,23). The molecule has 0 radical (unpaired) electrons. The summed E-state index contributed by atoms with van der Waals surface area (Å²) in [7, 11) is 0. The lowest BCUT2D eigenvalue weighted by atomic mass is 10.2. The molecule has 23 heavy (non-hydrogen) atoms. The van der Waals surface area contributed by atoms with Crippen LogP contribution >= 0.6 is 0 Å². The monoisotopic (exact) mass is 310 g/mol. The Hall–Kier alpha value is -2.96. The molecule has 1 amide bonds. The third kappa shape index (κ3) is 3.13. The van der Waals surface area contributed by atoms with Crippen LogP contribution < -0.4 is 5.32 Å². The first-order valence-corrected chi connectivity index (χ1v) is 7.47. The van der Waals surface area contributed by atoms with E-state index in [-0.39, 0.29) is 11.9 Å². The number of H-pyrrole nitrogens is 1. The van der Waals surface area contributed by atoms with Crippen LogP contribution in [0.4, 0.5) is 0 Å². The number of hydrogen-bond acceptors (Lipinski definition) is 4. The van der Waals surface area contributed by atoms with Gasteiger partial charge in [-0.15, -0.1) is 5.10 Å². The van der Waals surface area contributed by atoms with Gasteiger partial charge in [-0.2, -0.15) is 0 Å². The fraction of sp³-hybridized carbons (Fsp3) is 0.250. The van der Waals surface area contributed by atoms with E-state index in [0.29, 0.717) is 5.69 Å². The molecule has 3 aromatic rings. The molecule has 0 bridgehead atoms. The average molecular weight is 310 g/mol. The van der Waals surface area contributed by atoms with Crippen LogP contribution in [0.25, 0.3) is 5.69 Å². The molecule has 1 atom stereocenters. The molecule has 0 aliphatic rings. The summed E-state index contributed by atoms with van der Waals surface area (Å²) in [5.41, 5.74) is 2.14. The molecule has 0 aliphatic carbocycles. The lowest BCUT2D eigenvalue weighted by Crippen LogP contribution is -2.30. The van der Waals surface area contributed by atoms with E-state index in [1.807, 2.05) is 44.2 Å². The summed E-state index contributed by atoms with van der Waals surface area (Å²) in [6, 6.07) is 9.25. The Kier molecular flexibility index (Phi) is 4.18. The van der Waals surface area contributed by atoms with Gasteiger partial charge in [0.2, 0.25) is 0 Å². The number of aromatic amines is 1. The maximum absolute atomic E-state index is 12.6. The van der Waals surface area contributed by atoms with E-state index in [1.54, 1.807) is 6.20 Å². The second kappa shape index (κ2) is 6.43. The summed E-state index contributed by atoms with van der Waals surface area (Å²) < 4.78 is 1.52. The van der Waals surface area contributed by atoms with Crippen LogP contribution in [0.1, 0.15) is 41.4 Å². The number of aromatic nitrogens is 5. The van der Waals surface area contributed by atoms with Gasteiger partial charge in [0.15, 0.2) is 5.69 Å². The Morgan fingerprint density at radius 1 is 1.30 bits per heavy atom. The van der Waals surface area contributed by atoms with Crippen molar-refractivity contribution in [2.45, 2.75) is 26.3 Å². The molecule has 0 spiro atoms. The second-order valence-electron chi connectivity index (χ2n) is 5.25. The van der Waals surface area contributed by atoms with Crippen LogP contribution in [0.5, 0.6) is 0 Å². The van der Waals surface area contributed by atoms with Gasteiger partial charge in [-0.3, -0.25) is 4.79 Å². The maximum atomic E-state index is 12.6. The van der Waals surface area contributed by atoms with E-state index in [4.69, 9.17) is 0 Å².